The number of carbonyl (C=O) groups is 4. The van der Waals surface area contributed by atoms with Crippen LogP contribution in [-0.4, -0.2) is 22.6 Å². The first-order chi connectivity index (χ1) is 21.5. The summed E-state index contributed by atoms with van der Waals surface area (Å²) in [5.74, 6) is -0.545. The molecule has 0 radical (unpaired) electrons. The zero-order chi connectivity index (χ0) is 32.5. The van der Waals surface area contributed by atoms with E-state index in [4.69, 9.17) is 0 Å². The zero-order valence-electron chi connectivity index (χ0n) is 25.9. The monoisotopic (exact) mass is 612 g/mol. The number of carbonyl (C=O) groups excluding carboxylic acids is 4. The predicted octanol–water partition coefficient (Wildman–Crippen LogP) is 8.36. The van der Waals surface area contributed by atoms with Gasteiger partial charge in [-0.2, -0.15) is 0 Å². The van der Waals surface area contributed by atoms with Crippen LogP contribution in [0.1, 0.15) is 80.4 Å². The molecule has 0 aromatic heterocycles. The molecular formula is C39H33O5P. The lowest BCUT2D eigenvalue weighted by atomic mass is 9.89. The van der Waals surface area contributed by atoms with Crippen LogP contribution in [0.25, 0.3) is 0 Å². The number of aryl methyl sites for hydroxylation is 3. The van der Waals surface area contributed by atoms with Gasteiger partial charge in [-0.3, -0.25) is 19.2 Å². The average Bonchev–Trinajstić information content (AvgIpc) is 3.05. The Bertz CT molecular complexity index is 2030. The molecular weight excluding hydrogens is 579 g/mol. The molecule has 1 unspecified atom stereocenters. The number of hydrogen-bond donors (Lipinski definition) is 0. The molecule has 0 aliphatic carbocycles. The Morgan fingerprint density at radius 1 is 0.467 bits per heavy atom. The van der Waals surface area contributed by atoms with E-state index in [1.54, 1.807) is 120 Å². The Morgan fingerprint density at radius 2 is 0.911 bits per heavy atom. The van der Waals surface area contributed by atoms with E-state index in [2.05, 4.69) is 0 Å². The first-order valence-corrected chi connectivity index (χ1v) is 16.3. The summed E-state index contributed by atoms with van der Waals surface area (Å²) in [5, 5.41) is 0.0916. The van der Waals surface area contributed by atoms with Crippen LogP contribution in [0.3, 0.4) is 0 Å². The highest BCUT2D eigenvalue weighted by atomic mass is 31.2. The van der Waals surface area contributed by atoms with Gasteiger partial charge >= 0.3 is 0 Å². The molecule has 5 nitrogen and oxygen atoms in total. The molecule has 1 atom stereocenters. The second-order valence-corrected chi connectivity index (χ2v) is 13.8. The van der Waals surface area contributed by atoms with Crippen molar-refractivity contribution in [1.29, 1.82) is 0 Å². The third-order valence-electron chi connectivity index (χ3n) is 8.31. The van der Waals surface area contributed by atoms with Crippen LogP contribution >= 0.6 is 7.14 Å². The van der Waals surface area contributed by atoms with E-state index in [0.29, 0.717) is 50.1 Å². The fourth-order valence-corrected chi connectivity index (χ4v) is 8.61. The van der Waals surface area contributed by atoms with Gasteiger partial charge in [0.15, 0.2) is 11.6 Å². The summed E-state index contributed by atoms with van der Waals surface area (Å²) in [6.07, 6.45) is 0. The topological polar surface area (TPSA) is 85.3 Å². The van der Waals surface area contributed by atoms with Crippen molar-refractivity contribution in [2.45, 2.75) is 34.6 Å². The van der Waals surface area contributed by atoms with E-state index < -0.39 is 18.2 Å². The highest BCUT2D eigenvalue weighted by molar-refractivity contribution is 8.01. The van der Waals surface area contributed by atoms with Crippen LogP contribution in [-0.2, 0) is 4.57 Å². The molecule has 5 aromatic carbocycles. The van der Waals surface area contributed by atoms with Crippen molar-refractivity contribution >= 4 is 35.1 Å². The Hall–Kier alpha value is -4.99. The van der Waals surface area contributed by atoms with E-state index >= 15 is 4.57 Å². The second-order valence-electron chi connectivity index (χ2n) is 11.3. The van der Waals surface area contributed by atoms with Gasteiger partial charge in [-0.15, -0.1) is 0 Å². The maximum Gasteiger partial charge on any atom is 0.248 e. The standard InChI is InChI=1S/C39H33O5P/c1-24-21-22-32(36(40)29-15-9-6-10-16-29)27(4)34(24)38(42)45(44,31-19-13-8-14-20-31)39(43)35-26(3)23-25(2)33(28(35)5)37(41)30-17-11-7-12-18-30/h6-23H,1-5H3. The highest BCUT2D eigenvalue weighted by Gasteiger charge is 2.45. The SMILES string of the molecule is Cc1ccc(C(=O)c2ccccc2)c(C)c1C(=O)P(=O)(C(=O)c1c(C)cc(C)c(C(=O)c2ccccc2)c1C)c1ccccc1. The third-order valence-corrected chi connectivity index (χ3v) is 10.9. The van der Waals surface area contributed by atoms with Crippen molar-refractivity contribution in [3.05, 3.63) is 170 Å². The van der Waals surface area contributed by atoms with Crippen LogP contribution in [0.2, 0.25) is 0 Å². The summed E-state index contributed by atoms with van der Waals surface area (Å²) in [6, 6.07) is 30.5. The quantitative estimate of drug-likeness (QED) is 0.123. The minimum absolute atomic E-state index is 0.0836. The largest absolute Gasteiger partial charge is 0.302 e. The zero-order valence-corrected chi connectivity index (χ0v) is 26.8. The lowest BCUT2D eigenvalue weighted by Crippen LogP contribution is -2.24. The Labute approximate surface area is 263 Å². The summed E-state index contributed by atoms with van der Waals surface area (Å²) < 4.78 is 15.3. The molecule has 0 fully saturated rings. The predicted molar refractivity (Wildman–Crippen MR) is 179 cm³/mol. The minimum atomic E-state index is -4.56. The molecule has 5 rings (SSSR count). The van der Waals surface area contributed by atoms with Crippen LogP contribution in [0.15, 0.2) is 109 Å². The Kier molecular flexibility index (Phi) is 8.77. The fraction of sp³-hybridized carbons (Fsp3) is 0.128. The van der Waals surface area contributed by atoms with E-state index in [9.17, 15) is 19.2 Å². The lowest BCUT2D eigenvalue weighted by molar-refractivity contribution is 0.102. The number of rotatable bonds is 9. The molecule has 0 saturated carbocycles. The minimum Gasteiger partial charge on any atom is -0.302 e. The van der Waals surface area contributed by atoms with Crippen molar-refractivity contribution in [2.24, 2.45) is 0 Å². The molecule has 0 aliphatic heterocycles. The van der Waals surface area contributed by atoms with E-state index in [0.717, 1.165) is 0 Å². The summed E-state index contributed by atoms with van der Waals surface area (Å²) in [7, 11) is -4.56. The maximum absolute atomic E-state index is 15.3. The molecule has 0 amide bonds. The first-order valence-electron chi connectivity index (χ1n) is 14.6. The number of ketones is 2. The van der Waals surface area contributed by atoms with Gasteiger partial charge in [-0.05, 0) is 62.4 Å². The molecule has 5 aromatic rings. The van der Waals surface area contributed by atoms with Crippen molar-refractivity contribution in [1.82, 2.24) is 0 Å². The van der Waals surface area contributed by atoms with Crippen LogP contribution in [0.5, 0.6) is 0 Å². The Balaban J connectivity index is 1.72. The molecule has 0 aliphatic rings. The normalized spacial score (nSPS) is 12.3. The van der Waals surface area contributed by atoms with Gasteiger partial charge in [-0.1, -0.05) is 109 Å². The van der Waals surface area contributed by atoms with Crippen molar-refractivity contribution in [3.8, 4) is 0 Å². The molecule has 6 heteroatoms. The maximum atomic E-state index is 15.3. The summed E-state index contributed by atoms with van der Waals surface area (Å²) >= 11 is 0. The highest BCUT2D eigenvalue weighted by Crippen LogP contribution is 2.53. The third kappa shape index (κ3) is 5.56. The van der Waals surface area contributed by atoms with Gasteiger partial charge in [0, 0.05) is 38.7 Å². The summed E-state index contributed by atoms with van der Waals surface area (Å²) in [4.78, 5) is 56.6. The average molecular weight is 613 g/mol. The van der Waals surface area contributed by atoms with Gasteiger partial charge in [0.2, 0.25) is 18.2 Å². The molecule has 45 heavy (non-hydrogen) atoms. The summed E-state index contributed by atoms with van der Waals surface area (Å²) in [6.45, 7) is 8.54. The van der Waals surface area contributed by atoms with Crippen LogP contribution in [0.4, 0.5) is 0 Å². The molecule has 0 N–H and O–H groups in total. The number of hydrogen-bond acceptors (Lipinski definition) is 5. The molecule has 0 spiro atoms. The molecule has 0 saturated heterocycles. The van der Waals surface area contributed by atoms with E-state index in [1.807, 2.05) is 12.1 Å². The van der Waals surface area contributed by atoms with Crippen molar-refractivity contribution in [2.75, 3.05) is 0 Å². The van der Waals surface area contributed by atoms with Gasteiger partial charge < -0.3 is 4.57 Å². The van der Waals surface area contributed by atoms with Gasteiger partial charge in [0.1, 0.15) is 0 Å². The molecule has 0 bridgehead atoms. The second kappa shape index (κ2) is 12.6. The smallest absolute Gasteiger partial charge is 0.248 e. The van der Waals surface area contributed by atoms with E-state index in [1.165, 1.54) is 12.1 Å². The molecule has 0 heterocycles. The van der Waals surface area contributed by atoms with Crippen LogP contribution in [0, 0.1) is 34.6 Å². The van der Waals surface area contributed by atoms with Gasteiger partial charge in [-0.25, -0.2) is 0 Å². The number of benzene rings is 5. The fourth-order valence-electron chi connectivity index (χ4n) is 6.04. The van der Waals surface area contributed by atoms with E-state index in [-0.39, 0.29) is 28.0 Å². The van der Waals surface area contributed by atoms with Crippen molar-refractivity contribution < 1.29 is 23.7 Å². The summed E-state index contributed by atoms with van der Waals surface area (Å²) in [5.41, 5.74) is 2.46. The Morgan fingerprint density at radius 3 is 1.44 bits per heavy atom. The first kappa shape index (κ1) is 31.4. The van der Waals surface area contributed by atoms with Gasteiger partial charge in [0.05, 0.1) is 0 Å². The van der Waals surface area contributed by atoms with Gasteiger partial charge in [0.25, 0.3) is 0 Å². The lowest BCUT2D eigenvalue weighted by Gasteiger charge is -2.23. The van der Waals surface area contributed by atoms with Crippen molar-refractivity contribution in [3.63, 3.8) is 0 Å². The molecule has 224 valence electrons. The van der Waals surface area contributed by atoms with Crippen LogP contribution < -0.4 is 5.30 Å².